The zero-order valence-corrected chi connectivity index (χ0v) is 22.8. The molecule has 0 aromatic heterocycles. The summed E-state index contributed by atoms with van der Waals surface area (Å²) in [4.78, 5) is 28.4. The van der Waals surface area contributed by atoms with Crippen LogP contribution < -0.4 is 23.8 Å². The lowest BCUT2D eigenvalue weighted by molar-refractivity contribution is -0.132. The number of amides is 1. The van der Waals surface area contributed by atoms with Crippen molar-refractivity contribution in [1.82, 2.24) is 0 Å². The van der Waals surface area contributed by atoms with Crippen LogP contribution in [0.25, 0.3) is 5.76 Å². The van der Waals surface area contributed by atoms with Gasteiger partial charge in [0, 0.05) is 11.8 Å². The van der Waals surface area contributed by atoms with E-state index in [9.17, 15) is 20.0 Å². The molecule has 1 atom stereocenters. The average molecular weight is 543 g/mol. The van der Waals surface area contributed by atoms with E-state index in [0.717, 1.165) is 0 Å². The van der Waals surface area contributed by atoms with Crippen LogP contribution in [0.5, 0.6) is 23.0 Å². The molecule has 0 radical (unpaired) electrons. The van der Waals surface area contributed by atoms with Crippen molar-refractivity contribution < 1.29 is 33.6 Å². The Morgan fingerprint density at radius 3 is 2.17 bits per heavy atom. The number of rotatable bonds is 10. The molecule has 1 N–H and O–H groups in total. The third-order valence-corrected chi connectivity index (χ3v) is 6.34. The smallest absolute Gasteiger partial charge is 0.300 e. The Labute approximate surface area is 232 Å². The number of hydrogen-bond acceptors (Lipinski definition) is 8. The zero-order chi connectivity index (χ0) is 28.8. The van der Waals surface area contributed by atoms with Gasteiger partial charge in [0.05, 0.1) is 55.7 Å². The van der Waals surface area contributed by atoms with E-state index >= 15 is 0 Å². The minimum absolute atomic E-state index is 0.118. The normalized spacial score (nSPS) is 16.0. The maximum Gasteiger partial charge on any atom is 0.300 e. The van der Waals surface area contributed by atoms with Gasteiger partial charge in [0.1, 0.15) is 17.3 Å². The number of carbonyl (C=O) groups is 2. The van der Waals surface area contributed by atoms with Crippen molar-refractivity contribution in [3.8, 4) is 29.1 Å². The molecule has 1 aliphatic heterocycles. The number of aliphatic hydroxyl groups is 1. The molecule has 1 heterocycles. The monoisotopic (exact) mass is 542 g/mol. The van der Waals surface area contributed by atoms with Gasteiger partial charge >= 0.3 is 0 Å². The fourth-order valence-corrected chi connectivity index (χ4v) is 4.62. The number of nitriles is 1. The van der Waals surface area contributed by atoms with E-state index in [2.05, 4.69) is 0 Å². The standard InChI is InChI=1S/C31H30N2O7/c1-5-38-22-13-14-23(25(17-22)39-6-2)29(34)27-28(20-10-15-24(37-4)26(16-20)40-7-3)33(31(36)30(27)35)21-11-8-19(18-32)9-12-21/h8-17,28,34H,5-7H2,1-4H3/b29-27+. The largest absolute Gasteiger partial charge is 0.507 e. The maximum atomic E-state index is 13.6. The van der Waals surface area contributed by atoms with Crippen LogP contribution in [0.1, 0.15) is 43.5 Å². The van der Waals surface area contributed by atoms with Crippen molar-refractivity contribution in [2.75, 3.05) is 31.8 Å². The van der Waals surface area contributed by atoms with E-state index < -0.39 is 17.7 Å². The summed E-state index contributed by atoms with van der Waals surface area (Å²) < 4.78 is 22.5. The Kier molecular flexibility index (Phi) is 8.60. The van der Waals surface area contributed by atoms with Gasteiger partial charge in [-0.2, -0.15) is 5.26 Å². The average Bonchev–Trinajstić information content (AvgIpc) is 3.23. The number of carbonyl (C=O) groups excluding carboxylic acids is 2. The molecule has 1 unspecified atom stereocenters. The topological polar surface area (TPSA) is 118 Å². The summed E-state index contributed by atoms with van der Waals surface area (Å²) in [6, 6.07) is 17.3. The maximum absolute atomic E-state index is 13.6. The summed E-state index contributed by atoms with van der Waals surface area (Å²) in [6.07, 6.45) is 0. The van der Waals surface area contributed by atoms with Crippen molar-refractivity contribution in [2.24, 2.45) is 0 Å². The van der Waals surface area contributed by atoms with Crippen LogP contribution in [0.15, 0.2) is 66.2 Å². The molecule has 1 amide bonds. The first-order chi connectivity index (χ1) is 19.4. The van der Waals surface area contributed by atoms with Crippen LogP contribution in [0.2, 0.25) is 0 Å². The van der Waals surface area contributed by atoms with Crippen molar-refractivity contribution in [3.63, 3.8) is 0 Å². The molecular weight excluding hydrogens is 512 g/mol. The highest BCUT2D eigenvalue weighted by Crippen LogP contribution is 2.45. The summed E-state index contributed by atoms with van der Waals surface area (Å²) >= 11 is 0. The first-order valence-electron chi connectivity index (χ1n) is 12.9. The van der Waals surface area contributed by atoms with E-state index in [4.69, 9.17) is 18.9 Å². The molecule has 0 aliphatic carbocycles. The van der Waals surface area contributed by atoms with Crippen LogP contribution in [-0.2, 0) is 9.59 Å². The number of nitrogens with zero attached hydrogens (tertiary/aromatic N) is 2. The zero-order valence-electron chi connectivity index (χ0n) is 22.8. The highest BCUT2D eigenvalue weighted by Gasteiger charge is 2.47. The highest BCUT2D eigenvalue weighted by atomic mass is 16.5. The molecular formula is C31H30N2O7. The van der Waals surface area contributed by atoms with E-state index in [-0.39, 0.29) is 16.9 Å². The SMILES string of the molecule is CCOc1ccc(/C(O)=C2\C(=O)C(=O)N(c3ccc(C#N)cc3)C2c2ccc(OC)c(OCC)c2)c(OCC)c1. The Morgan fingerprint density at radius 2 is 1.55 bits per heavy atom. The second kappa shape index (κ2) is 12.3. The molecule has 1 saturated heterocycles. The first-order valence-corrected chi connectivity index (χ1v) is 12.9. The van der Waals surface area contributed by atoms with Crippen molar-refractivity contribution in [1.29, 1.82) is 5.26 Å². The van der Waals surface area contributed by atoms with Gasteiger partial charge in [-0.05, 0) is 74.9 Å². The Balaban J connectivity index is 1.97. The lowest BCUT2D eigenvalue weighted by Gasteiger charge is -2.26. The summed E-state index contributed by atoms with van der Waals surface area (Å²) in [6.45, 7) is 6.58. The molecule has 9 heteroatoms. The number of ether oxygens (including phenoxy) is 4. The third-order valence-electron chi connectivity index (χ3n) is 6.34. The van der Waals surface area contributed by atoms with Crippen LogP contribution in [0.3, 0.4) is 0 Å². The predicted octanol–water partition coefficient (Wildman–Crippen LogP) is 5.39. The van der Waals surface area contributed by atoms with E-state index in [1.807, 2.05) is 19.9 Å². The van der Waals surface area contributed by atoms with Crippen molar-refractivity contribution in [3.05, 3.63) is 82.9 Å². The van der Waals surface area contributed by atoms with Gasteiger partial charge in [0.2, 0.25) is 0 Å². The Hall–Kier alpha value is -4.97. The second-order valence-corrected chi connectivity index (χ2v) is 8.70. The summed E-state index contributed by atoms with van der Waals surface area (Å²) in [5, 5.41) is 20.9. The number of anilines is 1. The van der Waals surface area contributed by atoms with Crippen LogP contribution in [-0.4, -0.2) is 43.7 Å². The molecule has 1 aliphatic rings. The highest BCUT2D eigenvalue weighted by molar-refractivity contribution is 6.51. The molecule has 0 saturated carbocycles. The number of Topliss-reactive ketones (excluding diaryl/α,β-unsaturated/α-hetero) is 1. The van der Waals surface area contributed by atoms with Crippen LogP contribution in [0.4, 0.5) is 5.69 Å². The summed E-state index contributed by atoms with van der Waals surface area (Å²) in [7, 11) is 1.52. The fourth-order valence-electron chi connectivity index (χ4n) is 4.62. The second-order valence-electron chi connectivity index (χ2n) is 8.70. The molecule has 40 heavy (non-hydrogen) atoms. The molecule has 3 aromatic rings. The van der Waals surface area contributed by atoms with Crippen LogP contribution in [0, 0.1) is 11.3 Å². The van der Waals surface area contributed by atoms with Gasteiger partial charge in [0.15, 0.2) is 11.5 Å². The molecule has 4 rings (SSSR count). The van der Waals surface area contributed by atoms with E-state index in [1.165, 1.54) is 12.0 Å². The summed E-state index contributed by atoms with van der Waals surface area (Å²) in [5.74, 6) is -0.340. The first kappa shape index (κ1) is 28.0. The number of benzene rings is 3. The molecule has 206 valence electrons. The Morgan fingerprint density at radius 1 is 0.875 bits per heavy atom. The lowest BCUT2D eigenvalue weighted by Crippen LogP contribution is -2.29. The van der Waals surface area contributed by atoms with Gasteiger partial charge in [-0.1, -0.05) is 6.07 Å². The van der Waals surface area contributed by atoms with Crippen molar-refractivity contribution >= 4 is 23.1 Å². The minimum Gasteiger partial charge on any atom is -0.507 e. The number of methoxy groups -OCH3 is 1. The van der Waals surface area contributed by atoms with Gasteiger partial charge in [-0.3, -0.25) is 14.5 Å². The molecule has 1 fully saturated rings. The van der Waals surface area contributed by atoms with Gasteiger partial charge in [-0.25, -0.2) is 0 Å². The minimum atomic E-state index is -1.01. The third kappa shape index (κ3) is 5.29. The predicted molar refractivity (Wildman–Crippen MR) is 149 cm³/mol. The summed E-state index contributed by atoms with van der Waals surface area (Å²) in [5.41, 5.74) is 1.42. The van der Waals surface area contributed by atoms with Gasteiger partial charge in [0.25, 0.3) is 11.7 Å². The van der Waals surface area contributed by atoms with E-state index in [0.29, 0.717) is 59.6 Å². The molecule has 9 nitrogen and oxygen atoms in total. The Bertz CT molecular complexity index is 1490. The molecule has 0 bridgehead atoms. The number of ketones is 1. The quantitative estimate of drug-likeness (QED) is 0.206. The fraction of sp³-hybridized carbons (Fsp3) is 0.258. The lowest BCUT2D eigenvalue weighted by atomic mass is 9.94. The molecule has 0 spiro atoms. The van der Waals surface area contributed by atoms with Crippen molar-refractivity contribution in [2.45, 2.75) is 26.8 Å². The number of aliphatic hydroxyl groups excluding tert-OH is 1. The van der Waals surface area contributed by atoms with Gasteiger partial charge < -0.3 is 24.1 Å². The van der Waals surface area contributed by atoms with Gasteiger partial charge in [-0.15, -0.1) is 0 Å². The number of hydrogen-bond donors (Lipinski definition) is 1. The molecule has 3 aromatic carbocycles. The van der Waals surface area contributed by atoms with E-state index in [1.54, 1.807) is 67.6 Å². The van der Waals surface area contributed by atoms with Crippen LogP contribution >= 0.6 is 0 Å².